The van der Waals surface area contributed by atoms with Crippen LogP contribution in [0.2, 0.25) is 0 Å². The minimum Gasteiger partial charge on any atom is -0.393 e. The molecule has 2 rings (SSSR count). The summed E-state index contributed by atoms with van der Waals surface area (Å²) < 4.78 is 3.13. The number of hydrogen-bond donors (Lipinski definition) is 2. The highest BCUT2D eigenvalue weighted by atomic mass is 32.2. The number of fused-ring (bicyclic) bond motifs is 1. The van der Waals surface area contributed by atoms with Crippen molar-refractivity contribution < 1.29 is 5.11 Å². The molecule has 2 aromatic rings. The maximum Gasteiger partial charge on any atom is 0.329 e. The fraction of sp³-hybridized carbons (Fsp3) is 0.583. The van der Waals surface area contributed by atoms with Crippen molar-refractivity contribution in [2.75, 3.05) is 5.75 Å². The van der Waals surface area contributed by atoms with E-state index in [2.05, 4.69) is 9.97 Å². The number of H-pyrrole nitrogens is 1. The highest BCUT2D eigenvalue weighted by molar-refractivity contribution is 7.99. The number of imidazole rings is 1. The van der Waals surface area contributed by atoms with Gasteiger partial charge in [0.1, 0.15) is 0 Å². The van der Waals surface area contributed by atoms with E-state index in [-0.39, 0.29) is 0 Å². The van der Waals surface area contributed by atoms with Crippen molar-refractivity contribution in [1.29, 1.82) is 0 Å². The van der Waals surface area contributed by atoms with Crippen LogP contribution in [0.1, 0.15) is 20.3 Å². The number of aromatic amines is 1. The molecular formula is C12H18N4O3S. The first-order valence-electron chi connectivity index (χ1n) is 6.46. The number of nitrogens with zero attached hydrogens (tertiary/aromatic N) is 3. The lowest BCUT2D eigenvalue weighted by molar-refractivity contribution is 0.220. The van der Waals surface area contributed by atoms with Gasteiger partial charge in [0.05, 0.1) is 6.10 Å². The van der Waals surface area contributed by atoms with Gasteiger partial charge in [-0.25, -0.2) is 9.78 Å². The summed E-state index contributed by atoms with van der Waals surface area (Å²) >= 11 is 1.38. The van der Waals surface area contributed by atoms with E-state index in [9.17, 15) is 14.7 Å². The zero-order valence-electron chi connectivity index (χ0n) is 11.7. The number of thioether (sulfide) groups is 1. The highest BCUT2D eigenvalue weighted by Gasteiger charge is 2.17. The molecule has 2 heterocycles. The summed E-state index contributed by atoms with van der Waals surface area (Å²) in [5.74, 6) is 0.485. The molecule has 0 aliphatic rings. The average molecular weight is 298 g/mol. The molecule has 0 radical (unpaired) electrons. The van der Waals surface area contributed by atoms with E-state index in [1.807, 2.05) is 6.92 Å². The van der Waals surface area contributed by atoms with Crippen LogP contribution in [-0.2, 0) is 13.6 Å². The minimum absolute atomic E-state index is 0.375. The molecule has 0 aliphatic heterocycles. The monoisotopic (exact) mass is 298 g/mol. The quantitative estimate of drug-likeness (QED) is 0.775. The van der Waals surface area contributed by atoms with Crippen LogP contribution in [0.3, 0.4) is 0 Å². The molecule has 1 unspecified atom stereocenters. The highest BCUT2D eigenvalue weighted by Crippen LogP contribution is 2.22. The molecule has 0 aromatic carbocycles. The molecule has 0 spiro atoms. The Hall–Kier alpha value is -1.54. The van der Waals surface area contributed by atoms with Gasteiger partial charge in [-0.15, -0.1) is 0 Å². The zero-order chi connectivity index (χ0) is 14.9. The van der Waals surface area contributed by atoms with E-state index in [1.54, 1.807) is 18.5 Å². The Morgan fingerprint density at radius 3 is 2.75 bits per heavy atom. The molecule has 7 nitrogen and oxygen atoms in total. The number of aliphatic hydroxyl groups is 1. The van der Waals surface area contributed by atoms with E-state index < -0.39 is 17.4 Å². The van der Waals surface area contributed by atoms with Crippen LogP contribution in [0.25, 0.3) is 11.2 Å². The van der Waals surface area contributed by atoms with Crippen LogP contribution in [-0.4, -0.2) is 36.1 Å². The van der Waals surface area contributed by atoms with Gasteiger partial charge in [-0.3, -0.25) is 14.3 Å². The van der Waals surface area contributed by atoms with Crippen LogP contribution in [0.5, 0.6) is 0 Å². The van der Waals surface area contributed by atoms with Gasteiger partial charge in [-0.2, -0.15) is 0 Å². The van der Waals surface area contributed by atoms with Crippen molar-refractivity contribution in [3.8, 4) is 0 Å². The van der Waals surface area contributed by atoms with Crippen molar-refractivity contribution >= 4 is 22.9 Å². The third-order valence-corrected chi connectivity index (χ3v) is 4.09. The fourth-order valence-corrected chi connectivity index (χ4v) is 2.83. The van der Waals surface area contributed by atoms with Gasteiger partial charge in [0.2, 0.25) is 0 Å². The van der Waals surface area contributed by atoms with Crippen LogP contribution < -0.4 is 11.2 Å². The van der Waals surface area contributed by atoms with Crippen molar-refractivity contribution in [2.24, 2.45) is 7.05 Å². The van der Waals surface area contributed by atoms with Crippen molar-refractivity contribution in [3.63, 3.8) is 0 Å². The summed E-state index contributed by atoms with van der Waals surface area (Å²) in [6.45, 7) is 4.34. The third kappa shape index (κ3) is 2.66. The first-order chi connectivity index (χ1) is 9.45. The van der Waals surface area contributed by atoms with Gasteiger partial charge >= 0.3 is 5.69 Å². The second kappa shape index (κ2) is 5.84. The summed E-state index contributed by atoms with van der Waals surface area (Å²) in [5.41, 5.74) is -0.119. The predicted molar refractivity (Wildman–Crippen MR) is 78.3 cm³/mol. The molecule has 0 bridgehead atoms. The van der Waals surface area contributed by atoms with Crippen molar-refractivity contribution in [2.45, 2.75) is 38.1 Å². The molecule has 0 amide bonds. The molecule has 0 saturated carbocycles. The van der Waals surface area contributed by atoms with Crippen LogP contribution in [0, 0.1) is 0 Å². The molecular weight excluding hydrogens is 280 g/mol. The number of nitrogens with one attached hydrogen (secondary N) is 1. The van der Waals surface area contributed by atoms with Gasteiger partial charge < -0.3 is 9.67 Å². The topological polar surface area (TPSA) is 92.9 Å². The first kappa shape index (κ1) is 14.9. The number of aryl methyl sites for hydroxylation is 2. The van der Waals surface area contributed by atoms with Gasteiger partial charge in [0.25, 0.3) is 5.56 Å². The Balaban J connectivity index is 2.66. The molecule has 2 aromatic heterocycles. The second-order valence-corrected chi connectivity index (χ2v) is 5.68. The second-order valence-electron chi connectivity index (χ2n) is 4.70. The Morgan fingerprint density at radius 1 is 1.45 bits per heavy atom. The lowest BCUT2D eigenvalue weighted by atomic mass is 10.4. The molecule has 110 valence electrons. The van der Waals surface area contributed by atoms with Gasteiger partial charge in [0, 0.05) is 19.3 Å². The molecule has 2 N–H and O–H groups in total. The molecule has 1 atom stereocenters. The normalized spacial score (nSPS) is 13.0. The number of aliphatic hydroxyl groups excluding tert-OH is 1. The largest absolute Gasteiger partial charge is 0.393 e. The summed E-state index contributed by atoms with van der Waals surface area (Å²) in [6.07, 6.45) is 0.382. The van der Waals surface area contributed by atoms with Crippen LogP contribution >= 0.6 is 11.8 Å². The van der Waals surface area contributed by atoms with Crippen molar-refractivity contribution in [3.05, 3.63) is 20.8 Å². The molecule has 0 saturated heterocycles. The summed E-state index contributed by atoms with van der Waals surface area (Å²) in [4.78, 5) is 30.3. The molecule has 0 fully saturated rings. The summed E-state index contributed by atoms with van der Waals surface area (Å²) in [6, 6.07) is 0. The summed E-state index contributed by atoms with van der Waals surface area (Å²) in [7, 11) is 1.58. The standard InChI is InChI=1S/C12H18N4O3S/c1-4-5-16-8-9(13-12(16)20-6-7(2)17)15(3)11(19)14-10(8)18/h7,17H,4-6H2,1-3H3,(H,14,18,19). The van der Waals surface area contributed by atoms with Gasteiger partial charge in [-0.05, 0) is 13.3 Å². The Bertz CT molecular complexity index is 729. The van der Waals surface area contributed by atoms with E-state index in [0.717, 1.165) is 6.42 Å². The molecule has 0 aliphatic carbocycles. The fourth-order valence-electron chi connectivity index (χ4n) is 1.95. The van der Waals surface area contributed by atoms with Gasteiger partial charge in [-0.1, -0.05) is 18.7 Å². The Morgan fingerprint density at radius 2 is 2.15 bits per heavy atom. The molecule has 8 heteroatoms. The van der Waals surface area contributed by atoms with E-state index in [1.165, 1.54) is 16.3 Å². The van der Waals surface area contributed by atoms with E-state index in [0.29, 0.717) is 28.6 Å². The smallest absolute Gasteiger partial charge is 0.329 e. The Kier molecular flexibility index (Phi) is 4.34. The van der Waals surface area contributed by atoms with Crippen molar-refractivity contribution in [1.82, 2.24) is 19.1 Å². The number of aromatic nitrogens is 4. The number of rotatable bonds is 5. The molecule has 20 heavy (non-hydrogen) atoms. The van der Waals surface area contributed by atoms with E-state index in [4.69, 9.17) is 0 Å². The van der Waals surface area contributed by atoms with Crippen LogP contribution in [0.15, 0.2) is 14.7 Å². The maximum absolute atomic E-state index is 12.0. The van der Waals surface area contributed by atoms with Crippen LogP contribution in [0.4, 0.5) is 0 Å². The zero-order valence-corrected chi connectivity index (χ0v) is 12.5. The predicted octanol–water partition coefficient (Wildman–Crippen LogP) is 0.306. The summed E-state index contributed by atoms with van der Waals surface area (Å²) in [5, 5.41) is 10.0. The SMILES string of the molecule is CCCn1c(SCC(C)O)nc2c1c(=O)[nH]c(=O)n2C. The minimum atomic E-state index is -0.476. The lowest BCUT2D eigenvalue weighted by Gasteiger charge is -2.07. The Labute approximate surface area is 119 Å². The average Bonchev–Trinajstić information content (AvgIpc) is 2.74. The number of hydrogen-bond acceptors (Lipinski definition) is 5. The first-order valence-corrected chi connectivity index (χ1v) is 7.44. The van der Waals surface area contributed by atoms with E-state index >= 15 is 0 Å². The van der Waals surface area contributed by atoms with Gasteiger partial charge in [0.15, 0.2) is 16.3 Å². The third-order valence-electron chi connectivity index (χ3n) is 2.87. The maximum atomic E-state index is 12.0. The lowest BCUT2D eigenvalue weighted by Crippen LogP contribution is -2.29.